The number of nitro benzene ring substituents is 1. The van der Waals surface area contributed by atoms with Crippen molar-refractivity contribution in [3.05, 3.63) is 110 Å². The number of H-pyrrole nitrogens is 1. The highest BCUT2D eigenvalue weighted by molar-refractivity contribution is 6.32. The molecule has 1 atom stereocenters. The number of nitro groups is 1. The van der Waals surface area contributed by atoms with E-state index in [0.29, 0.717) is 23.6 Å². The van der Waals surface area contributed by atoms with E-state index in [1.807, 2.05) is 42.5 Å². The first-order chi connectivity index (χ1) is 17.0. The van der Waals surface area contributed by atoms with Crippen LogP contribution in [0.3, 0.4) is 0 Å². The Balaban J connectivity index is 1.54. The first-order valence-corrected chi connectivity index (χ1v) is 11.5. The summed E-state index contributed by atoms with van der Waals surface area (Å²) in [5, 5.41) is 12.6. The molecule has 2 heterocycles. The molecule has 8 heteroatoms. The minimum absolute atomic E-state index is 0.0849. The summed E-state index contributed by atoms with van der Waals surface area (Å²) in [5.74, 6) is 0.525. The second kappa shape index (κ2) is 9.27. The maximum atomic E-state index is 13.5. The third kappa shape index (κ3) is 4.26. The van der Waals surface area contributed by atoms with Crippen molar-refractivity contribution in [2.45, 2.75) is 12.5 Å². The fraction of sp³-hybridized carbons (Fsp3) is 0.148. The van der Waals surface area contributed by atoms with Crippen molar-refractivity contribution >= 4 is 40.2 Å². The minimum atomic E-state index is -0.489. The van der Waals surface area contributed by atoms with Crippen LogP contribution in [0.4, 0.5) is 5.69 Å². The Kier molecular flexibility index (Phi) is 6.01. The minimum Gasteiger partial charge on any atom is -0.497 e. The lowest BCUT2D eigenvalue weighted by atomic mass is 9.92. The van der Waals surface area contributed by atoms with Crippen LogP contribution in [0.25, 0.3) is 17.0 Å². The van der Waals surface area contributed by atoms with Crippen molar-refractivity contribution in [1.82, 2.24) is 9.88 Å². The van der Waals surface area contributed by atoms with Gasteiger partial charge < -0.3 is 14.6 Å². The zero-order valence-corrected chi connectivity index (χ0v) is 19.7. The van der Waals surface area contributed by atoms with Crippen molar-refractivity contribution in [2.75, 3.05) is 13.7 Å². The van der Waals surface area contributed by atoms with Crippen molar-refractivity contribution < 1.29 is 14.5 Å². The van der Waals surface area contributed by atoms with Gasteiger partial charge in [0.25, 0.3) is 5.69 Å². The summed E-state index contributed by atoms with van der Waals surface area (Å²) in [5.41, 5.74) is 4.50. The molecule has 0 saturated heterocycles. The largest absolute Gasteiger partial charge is 0.497 e. The van der Waals surface area contributed by atoms with Crippen molar-refractivity contribution in [1.29, 1.82) is 0 Å². The normalized spacial score (nSPS) is 15.4. The van der Waals surface area contributed by atoms with E-state index in [4.69, 9.17) is 16.3 Å². The molecule has 4 aromatic rings. The molecule has 1 unspecified atom stereocenters. The van der Waals surface area contributed by atoms with Gasteiger partial charge in [0, 0.05) is 51.9 Å². The number of non-ortho nitro benzene ring substituents is 1. The number of amides is 1. The molecule has 7 nitrogen and oxygen atoms in total. The van der Waals surface area contributed by atoms with Gasteiger partial charge in [-0.1, -0.05) is 41.9 Å². The lowest BCUT2D eigenvalue weighted by Crippen LogP contribution is -2.39. The number of aromatic nitrogens is 1. The van der Waals surface area contributed by atoms with Crippen LogP contribution in [0.2, 0.25) is 5.02 Å². The van der Waals surface area contributed by atoms with E-state index in [-0.39, 0.29) is 17.6 Å². The van der Waals surface area contributed by atoms with E-state index in [0.717, 1.165) is 27.9 Å². The van der Waals surface area contributed by atoms with Gasteiger partial charge in [-0.25, -0.2) is 0 Å². The van der Waals surface area contributed by atoms with Gasteiger partial charge in [0.15, 0.2) is 0 Å². The summed E-state index contributed by atoms with van der Waals surface area (Å²) in [4.78, 5) is 29.4. The topological polar surface area (TPSA) is 88.5 Å². The average molecular weight is 488 g/mol. The molecule has 0 saturated carbocycles. The van der Waals surface area contributed by atoms with Gasteiger partial charge >= 0.3 is 0 Å². The number of aromatic amines is 1. The van der Waals surface area contributed by atoms with E-state index < -0.39 is 4.92 Å². The fourth-order valence-corrected chi connectivity index (χ4v) is 4.82. The molecule has 5 rings (SSSR count). The molecule has 1 amide bonds. The first kappa shape index (κ1) is 22.7. The third-order valence-corrected chi connectivity index (χ3v) is 6.69. The summed E-state index contributed by atoms with van der Waals surface area (Å²) in [6.07, 6.45) is 3.67. The molecule has 1 aliphatic heterocycles. The second-order valence-corrected chi connectivity index (χ2v) is 8.72. The summed E-state index contributed by atoms with van der Waals surface area (Å²) < 4.78 is 5.31. The lowest BCUT2D eigenvalue weighted by Gasteiger charge is -2.35. The fourth-order valence-electron chi connectivity index (χ4n) is 4.64. The molecule has 1 aliphatic rings. The number of hydrogen-bond donors (Lipinski definition) is 1. The molecule has 0 radical (unpaired) electrons. The van der Waals surface area contributed by atoms with E-state index in [2.05, 4.69) is 11.1 Å². The van der Waals surface area contributed by atoms with Crippen LogP contribution in [-0.4, -0.2) is 34.4 Å². The highest BCUT2D eigenvalue weighted by atomic mass is 35.5. The summed E-state index contributed by atoms with van der Waals surface area (Å²) in [6, 6.07) is 19.7. The molecule has 0 bridgehead atoms. The van der Waals surface area contributed by atoms with Crippen LogP contribution in [0.5, 0.6) is 5.75 Å². The predicted molar refractivity (Wildman–Crippen MR) is 136 cm³/mol. The van der Waals surface area contributed by atoms with E-state index in [9.17, 15) is 14.9 Å². The van der Waals surface area contributed by atoms with E-state index >= 15 is 0 Å². The number of benzene rings is 3. The van der Waals surface area contributed by atoms with Crippen molar-refractivity contribution in [2.24, 2.45) is 0 Å². The predicted octanol–water partition coefficient (Wildman–Crippen LogP) is 5.93. The van der Waals surface area contributed by atoms with Crippen LogP contribution < -0.4 is 4.74 Å². The number of fused-ring (bicyclic) bond motifs is 3. The van der Waals surface area contributed by atoms with E-state index in [1.54, 1.807) is 12.0 Å². The maximum Gasteiger partial charge on any atom is 0.270 e. The number of nitrogens with zero attached hydrogens (tertiary/aromatic N) is 2. The summed E-state index contributed by atoms with van der Waals surface area (Å²) >= 11 is 6.22. The van der Waals surface area contributed by atoms with E-state index in [1.165, 1.54) is 35.9 Å². The number of hydrogen-bond acceptors (Lipinski definition) is 4. The number of rotatable bonds is 5. The number of carbonyl (C=O) groups excluding carboxylic acids is 1. The Morgan fingerprint density at radius 2 is 1.94 bits per heavy atom. The number of methoxy groups -OCH3 is 1. The van der Waals surface area contributed by atoms with Crippen molar-refractivity contribution in [3.63, 3.8) is 0 Å². The highest BCUT2D eigenvalue weighted by Gasteiger charge is 2.33. The Labute approximate surface area is 206 Å². The maximum absolute atomic E-state index is 13.5. The van der Waals surface area contributed by atoms with Crippen LogP contribution in [0.15, 0.2) is 72.8 Å². The number of carbonyl (C=O) groups is 1. The third-order valence-electron chi connectivity index (χ3n) is 6.34. The molecular weight excluding hydrogens is 466 g/mol. The van der Waals surface area contributed by atoms with Gasteiger partial charge in [0.1, 0.15) is 5.75 Å². The molecular formula is C27H22ClN3O4. The summed E-state index contributed by atoms with van der Waals surface area (Å²) in [6.45, 7) is 0.525. The quantitative estimate of drug-likeness (QED) is 0.215. The van der Waals surface area contributed by atoms with Gasteiger partial charge in [-0.3, -0.25) is 14.9 Å². The standard InChI is InChI=1S/C27H22ClN3O4/c1-35-20-10-6-17(7-11-20)27-26-22(21-4-2-3-5-24(21)29-26)14-15-30(27)25(32)13-8-18-16-19(31(33)34)9-12-23(18)28/h2-13,16,27,29H,14-15H2,1H3. The molecule has 176 valence electrons. The summed E-state index contributed by atoms with van der Waals surface area (Å²) in [7, 11) is 1.62. The molecule has 1 N–H and O–H groups in total. The number of nitrogens with one attached hydrogen (secondary N) is 1. The zero-order chi connectivity index (χ0) is 24.5. The van der Waals surface area contributed by atoms with Crippen LogP contribution in [0.1, 0.15) is 28.4 Å². The lowest BCUT2D eigenvalue weighted by molar-refractivity contribution is -0.384. The molecule has 0 spiro atoms. The Morgan fingerprint density at radius 1 is 1.17 bits per heavy atom. The van der Waals surface area contributed by atoms with Crippen LogP contribution in [-0.2, 0) is 11.2 Å². The highest BCUT2D eigenvalue weighted by Crippen LogP contribution is 2.39. The van der Waals surface area contributed by atoms with Gasteiger partial charge in [-0.15, -0.1) is 0 Å². The Hall–Kier alpha value is -4.10. The Morgan fingerprint density at radius 3 is 2.69 bits per heavy atom. The number of para-hydroxylation sites is 1. The molecule has 0 fully saturated rings. The smallest absolute Gasteiger partial charge is 0.270 e. The zero-order valence-electron chi connectivity index (χ0n) is 18.9. The van der Waals surface area contributed by atoms with Gasteiger partial charge in [-0.05, 0) is 47.9 Å². The van der Waals surface area contributed by atoms with Gasteiger partial charge in [0.2, 0.25) is 5.91 Å². The van der Waals surface area contributed by atoms with Crippen molar-refractivity contribution in [3.8, 4) is 5.75 Å². The Bertz CT molecular complexity index is 1460. The molecule has 1 aromatic heterocycles. The van der Waals surface area contributed by atoms with Crippen LogP contribution >= 0.6 is 11.6 Å². The van der Waals surface area contributed by atoms with Crippen LogP contribution in [0, 0.1) is 10.1 Å². The monoisotopic (exact) mass is 487 g/mol. The first-order valence-electron chi connectivity index (χ1n) is 11.1. The second-order valence-electron chi connectivity index (χ2n) is 8.32. The van der Waals surface area contributed by atoms with Gasteiger partial charge in [0.05, 0.1) is 18.1 Å². The molecule has 3 aromatic carbocycles. The SMILES string of the molecule is COc1ccc(C2c3[nH]c4ccccc4c3CCN2C(=O)C=Cc2cc([N+](=O)[O-])ccc2Cl)cc1. The number of ether oxygens (including phenoxy) is 1. The van der Waals surface area contributed by atoms with Gasteiger partial charge in [-0.2, -0.15) is 0 Å². The number of halogens is 1. The molecule has 35 heavy (non-hydrogen) atoms. The molecule has 0 aliphatic carbocycles. The average Bonchev–Trinajstić information content (AvgIpc) is 3.26.